The molecule has 2 aromatic rings. The van der Waals surface area contributed by atoms with Gasteiger partial charge in [-0.3, -0.25) is 4.79 Å². The minimum absolute atomic E-state index is 0.0155. The standard InChI is InChI=1S/C23H31NO3/c1-7-26-20-13-12-17(22(25)24-16(2)3)14-18(20)15-27-21-11-9-8-10-19(21)23(4,5)6/h8-14,16H,7,15H2,1-6H3,(H,24,25). The molecule has 0 aliphatic heterocycles. The summed E-state index contributed by atoms with van der Waals surface area (Å²) >= 11 is 0. The Bertz CT molecular complexity index is 775. The van der Waals surface area contributed by atoms with Crippen molar-refractivity contribution in [2.45, 2.75) is 59.6 Å². The van der Waals surface area contributed by atoms with Gasteiger partial charge < -0.3 is 14.8 Å². The Kier molecular flexibility index (Phi) is 6.89. The van der Waals surface area contributed by atoms with Gasteiger partial charge in [0.15, 0.2) is 0 Å². The van der Waals surface area contributed by atoms with Crippen LogP contribution in [0.5, 0.6) is 11.5 Å². The number of nitrogens with one attached hydrogen (secondary N) is 1. The lowest BCUT2D eigenvalue weighted by Gasteiger charge is -2.23. The van der Waals surface area contributed by atoms with Crippen LogP contribution in [0.1, 0.15) is 63.0 Å². The third kappa shape index (κ3) is 5.75. The number of benzene rings is 2. The van der Waals surface area contributed by atoms with E-state index in [1.54, 1.807) is 6.07 Å². The molecule has 4 heteroatoms. The van der Waals surface area contributed by atoms with E-state index >= 15 is 0 Å². The summed E-state index contributed by atoms with van der Waals surface area (Å²) < 4.78 is 11.9. The predicted molar refractivity (Wildman–Crippen MR) is 110 cm³/mol. The summed E-state index contributed by atoms with van der Waals surface area (Å²) in [5.41, 5.74) is 2.60. The number of rotatable bonds is 7. The maximum Gasteiger partial charge on any atom is 0.251 e. The van der Waals surface area contributed by atoms with Gasteiger partial charge in [-0.2, -0.15) is 0 Å². The summed E-state index contributed by atoms with van der Waals surface area (Å²) in [6.07, 6.45) is 0. The van der Waals surface area contributed by atoms with Crippen LogP contribution in [-0.4, -0.2) is 18.6 Å². The lowest BCUT2D eigenvalue weighted by Crippen LogP contribution is -2.30. The summed E-state index contributed by atoms with van der Waals surface area (Å²) in [6, 6.07) is 13.6. The largest absolute Gasteiger partial charge is 0.493 e. The zero-order valence-electron chi connectivity index (χ0n) is 17.3. The molecule has 0 aromatic heterocycles. The lowest BCUT2D eigenvalue weighted by molar-refractivity contribution is 0.0943. The van der Waals surface area contributed by atoms with E-state index in [0.29, 0.717) is 18.8 Å². The van der Waals surface area contributed by atoms with Crippen LogP contribution in [0.15, 0.2) is 42.5 Å². The van der Waals surface area contributed by atoms with Gasteiger partial charge in [0, 0.05) is 17.2 Å². The minimum atomic E-state index is -0.0932. The fraction of sp³-hybridized carbons (Fsp3) is 0.435. The number of para-hydroxylation sites is 1. The smallest absolute Gasteiger partial charge is 0.251 e. The molecule has 0 heterocycles. The Morgan fingerprint density at radius 2 is 1.74 bits per heavy atom. The third-order valence-electron chi connectivity index (χ3n) is 4.12. The SMILES string of the molecule is CCOc1ccc(C(=O)NC(C)C)cc1COc1ccccc1C(C)(C)C. The summed E-state index contributed by atoms with van der Waals surface area (Å²) in [7, 11) is 0. The Balaban J connectivity index is 2.28. The fourth-order valence-corrected chi connectivity index (χ4v) is 2.84. The van der Waals surface area contributed by atoms with E-state index in [9.17, 15) is 4.79 Å². The molecular formula is C23H31NO3. The molecule has 0 fully saturated rings. The Hall–Kier alpha value is -2.49. The molecule has 1 N–H and O–H groups in total. The molecule has 0 spiro atoms. The van der Waals surface area contributed by atoms with E-state index in [-0.39, 0.29) is 17.4 Å². The van der Waals surface area contributed by atoms with E-state index < -0.39 is 0 Å². The van der Waals surface area contributed by atoms with E-state index in [2.05, 4.69) is 32.2 Å². The normalized spacial score (nSPS) is 11.4. The van der Waals surface area contributed by atoms with Gasteiger partial charge in [0.25, 0.3) is 5.91 Å². The second-order valence-corrected chi connectivity index (χ2v) is 7.92. The highest BCUT2D eigenvalue weighted by Crippen LogP contribution is 2.32. The minimum Gasteiger partial charge on any atom is -0.493 e. The number of hydrogen-bond donors (Lipinski definition) is 1. The molecule has 0 aliphatic rings. The number of ether oxygens (including phenoxy) is 2. The maximum atomic E-state index is 12.3. The summed E-state index contributed by atoms with van der Waals surface area (Å²) in [4.78, 5) is 12.3. The average Bonchev–Trinajstić information content (AvgIpc) is 2.60. The first kappa shape index (κ1) is 20.8. The van der Waals surface area contributed by atoms with Crippen molar-refractivity contribution in [1.29, 1.82) is 0 Å². The van der Waals surface area contributed by atoms with Gasteiger partial charge in [0.05, 0.1) is 6.61 Å². The van der Waals surface area contributed by atoms with E-state index in [1.807, 2.05) is 51.1 Å². The molecule has 1 amide bonds. The molecule has 27 heavy (non-hydrogen) atoms. The number of amides is 1. The van der Waals surface area contributed by atoms with Gasteiger partial charge in [-0.1, -0.05) is 39.0 Å². The monoisotopic (exact) mass is 369 g/mol. The van der Waals surface area contributed by atoms with Crippen LogP contribution in [-0.2, 0) is 12.0 Å². The first-order valence-corrected chi connectivity index (χ1v) is 9.51. The number of carbonyl (C=O) groups is 1. The fourth-order valence-electron chi connectivity index (χ4n) is 2.84. The highest BCUT2D eigenvalue weighted by Gasteiger charge is 2.19. The first-order chi connectivity index (χ1) is 12.7. The number of hydrogen-bond acceptors (Lipinski definition) is 3. The molecule has 0 atom stereocenters. The molecule has 0 radical (unpaired) electrons. The molecule has 0 bridgehead atoms. The van der Waals surface area contributed by atoms with Gasteiger partial charge >= 0.3 is 0 Å². The molecule has 0 saturated heterocycles. The van der Waals surface area contributed by atoms with Gasteiger partial charge in [0.2, 0.25) is 0 Å². The Labute approximate surface area is 162 Å². The van der Waals surface area contributed by atoms with Crippen LogP contribution in [0.2, 0.25) is 0 Å². The van der Waals surface area contributed by atoms with Crippen LogP contribution in [0.4, 0.5) is 0 Å². The second kappa shape index (κ2) is 8.94. The molecule has 0 aliphatic carbocycles. The molecular weight excluding hydrogens is 338 g/mol. The third-order valence-corrected chi connectivity index (χ3v) is 4.12. The quantitative estimate of drug-likeness (QED) is 0.738. The zero-order valence-corrected chi connectivity index (χ0v) is 17.3. The van der Waals surface area contributed by atoms with Crippen LogP contribution < -0.4 is 14.8 Å². The predicted octanol–water partition coefficient (Wildman–Crippen LogP) is 5.10. The topological polar surface area (TPSA) is 47.6 Å². The highest BCUT2D eigenvalue weighted by molar-refractivity contribution is 5.94. The lowest BCUT2D eigenvalue weighted by atomic mass is 9.86. The maximum absolute atomic E-state index is 12.3. The average molecular weight is 370 g/mol. The second-order valence-electron chi connectivity index (χ2n) is 7.92. The van der Waals surface area contributed by atoms with Gasteiger partial charge in [-0.25, -0.2) is 0 Å². The summed E-state index contributed by atoms with van der Waals surface area (Å²) in [5, 5.41) is 2.92. The van der Waals surface area contributed by atoms with Crippen LogP contribution in [0, 0.1) is 0 Å². The zero-order chi connectivity index (χ0) is 20.0. The molecule has 0 unspecified atom stereocenters. The Morgan fingerprint density at radius 1 is 1.04 bits per heavy atom. The molecule has 2 aromatic carbocycles. The molecule has 4 nitrogen and oxygen atoms in total. The van der Waals surface area contributed by atoms with E-state index in [4.69, 9.17) is 9.47 Å². The Morgan fingerprint density at radius 3 is 2.37 bits per heavy atom. The van der Waals surface area contributed by atoms with Crippen molar-refractivity contribution in [2.24, 2.45) is 0 Å². The van der Waals surface area contributed by atoms with Crippen LogP contribution in [0.25, 0.3) is 0 Å². The van der Waals surface area contributed by atoms with Gasteiger partial charge in [-0.15, -0.1) is 0 Å². The summed E-state index contributed by atoms with van der Waals surface area (Å²) in [5.74, 6) is 1.50. The van der Waals surface area contributed by atoms with E-state index in [1.165, 1.54) is 0 Å². The van der Waals surface area contributed by atoms with Crippen LogP contribution in [0.3, 0.4) is 0 Å². The van der Waals surface area contributed by atoms with E-state index in [0.717, 1.165) is 22.6 Å². The van der Waals surface area contributed by atoms with Crippen molar-refractivity contribution >= 4 is 5.91 Å². The molecule has 0 saturated carbocycles. The van der Waals surface area contributed by atoms with Gasteiger partial charge in [0.1, 0.15) is 18.1 Å². The summed E-state index contributed by atoms with van der Waals surface area (Å²) in [6.45, 7) is 13.2. The van der Waals surface area contributed by atoms with Gasteiger partial charge in [-0.05, 0) is 56.0 Å². The number of carbonyl (C=O) groups excluding carboxylic acids is 1. The van der Waals surface area contributed by atoms with Crippen LogP contribution >= 0.6 is 0 Å². The van der Waals surface area contributed by atoms with Crippen molar-refractivity contribution in [1.82, 2.24) is 5.32 Å². The van der Waals surface area contributed by atoms with Crippen molar-refractivity contribution in [3.05, 3.63) is 59.2 Å². The van der Waals surface area contributed by atoms with Crippen molar-refractivity contribution in [3.63, 3.8) is 0 Å². The highest BCUT2D eigenvalue weighted by atomic mass is 16.5. The molecule has 146 valence electrons. The van der Waals surface area contributed by atoms with Crippen molar-refractivity contribution in [3.8, 4) is 11.5 Å². The first-order valence-electron chi connectivity index (χ1n) is 9.51. The van der Waals surface area contributed by atoms with Crippen molar-refractivity contribution in [2.75, 3.05) is 6.61 Å². The molecule has 2 rings (SSSR count). The van der Waals surface area contributed by atoms with Crippen molar-refractivity contribution < 1.29 is 14.3 Å².